The van der Waals surface area contributed by atoms with Crippen molar-refractivity contribution in [1.29, 1.82) is 0 Å². The van der Waals surface area contributed by atoms with Crippen LogP contribution in [-0.4, -0.2) is 54.1 Å². The number of allylic oxidation sites excluding steroid dienone is 1. The molecule has 1 saturated carbocycles. The molecule has 3 aliphatic heterocycles. The Kier molecular flexibility index (Phi) is 5.47. The third-order valence-corrected chi connectivity index (χ3v) is 6.13. The zero-order valence-corrected chi connectivity index (χ0v) is 17.5. The largest absolute Gasteiger partial charge is 0.504 e. The molecule has 131 valence electrons. The number of nitrogens with zero attached hydrogens (tertiary/aromatic N) is 1. The van der Waals surface area contributed by atoms with E-state index in [4.69, 9.17) is 14.2 Å². The number of likely N-dealkylation sites (tertiary alicyclic amines) is 1. The number of rotatable bonds is 4. The van der Waals surface area contributed by atoms with Crippen LogP contribution in [0.15, 0.2) is 6.08 Å². The maximum atomic E-state index is 12.1. The summed E-state index contributed by atoms with van der Waals surface area (Å²) in [5, 5.41) is 0. The van der Waals surface area contributed by atoms with Crippen molar-refractivity contribution >= 4 is 6.09 Å². The van der Waals surface area contributed by atoms with Crippen LogP contribution in [0.5, 0.6) is 0 Å². The summed E-state index contributed by atoms with van der Waals surface area (Å²) in [4.78, 5) is 13.9. The zero-order valence-electron chi connectivity index (χ0n) is 14.6. The first-order chi connectivity index (χ1) is 11.1. The van der Waals surface area contributed by atoms with Gasteiger partial charge in [-0.1, -0.05) is 0 Å². The maximum Gasteiger partial charge on any atom is 0.410 e. The molecule has 24 heavy (non-hydrogen) atoms. The van der Waals surface area contributed by atoms with Gasteiger partial charge in [0.1, 0.15) is 6.10 Å². The minimum absolute atomic E-state index is 0. The van der Waals surface area contributed by atoms with E-state index in [0.717, 1.165) is 51.8 Å². The van der Waals surface area contributed by atoms with Gasteiger partial charge < -0.3 is 25.2 Å². The van der Waals surface area contributed by atoms with Crippen LogP contribution in [0.1, 0.15) is 46.0 Å². The third-order valence-electron chi connectivity index (χ3n) is 6.13. The molecular formula is C18H26NO4Y-. The van der Waals surface area contributed by atoms with Crippen molar-refractivity contribution in [1.82, 2.24) is 4.90 Å². The summed E-state index contributed by atoms with van der Waals surface area (Å²) < 4.78 is 17.6. The van der Waals surface area contributed by atoms with Crippen LogP contribution >= 0.6 is 0 Å². The summed E-state index contributed by atoms with van der Waals surface area (Å²) in [5.41, 5.74) is -0.172. The average Bonchev–Trinajstić information content (AvgIpc) is 3.36. The predicted octanol–water partition coefficient (Wildman–Crippen LogP) is 2.69. The molecule has 0 aromatic carbocycles. The summed E-state index contributed by atoms with van der Waals surface area (Å²) in [7, 11) is 0. The van der Waals surface area contributed by atoms with Crippen LogP contribution in [0.2, 0.25) is 0 Å². The normalized spacial score (nSPS) is 43.2. The molecule has 1 amide bonds. The van der Waals surface area contributed by atoms with Gasteiger partial charge in [-0.15, -0.1) is 0 Å². The Labute approximate surface area is 169 Å². The fourth-order valence-electron chi connectivity index (χ4n) is 4.28. The number of carbonyl (C=O) groups is 1. The Morgan fingerprint density at radius 2 is 2.21 bits per heavy atom. The Morgan fingerprint density at radius 3 is 2.79 bits per heavy atom. The minimum Gasteiger partial charge on any atom is -0.504 e. The molecular weight excluding hydrogens is 383 g/mol. The fourth-order valence-corrected chi connectivity index (χ4v) is 4.28. The Bertz CT molecular complexity index is 517. The summed E-state index contributed by atoms with van der Waals surface area (Å²) in [6.07, 6.45) is 9.92. The number of carbonyl (C=O) groups excluding carboxylic acids is 1. The SMILES string of the molecule is C[C-]=CC[C@H]1O[C@@]1(C)[C@H]1C[C@H](OC(=O)N2CCC2)CC[C@]12CO2.[Y]. The molecule has 0 bridgehead atoms. The van der Waals surface area contributed by atoms with E-state index in [0.29, 0.717) is 5.92 Å². The van der Waals surface area contributed by atoms with Gasteiger partial charge in [0.25, 0.3) is 0 Å². The van der Waals surface area contributed by atoms with Crippen molar-refractivity contribution in [2.45, 2.75) is 69.4 Å². The number of epoxide rings is 2. The molecule has 5 atom stereocenters. The van der Waals surface area contributed by atoms with Crippen molar-refractivity contribution in [2.24, 2.45) is 5.92 Å². The van der Waals surface area contributed by atoms with E-state index in [1.54, 1.807) is 4.90 Å². The monoisotopic (exact) mass is 409 g/mol. The second-order valence-corrected chi connectivity index (χ2v) is 7.55. The Hall–Kier alpha value is 0.0339. The summed E-state index contributed by atoms with van der Waals surface area (Å²) >= 11 is 0. The summed E-state index contributed by atoms with van der Waals surface area (Å²) in [6.45, 7) is 6.60. The summed E-state index contributed by atoms with van der Waals surface area (Å²) in [5.74, 6) is 0.313. The van der Waals surface area contributed by atoms with Gasteiger partial charge in [0.15, 0.2) is 0 Å². The van der Waals surface area contributed by atoms with Gasteiger partial charge in [-0.25, -0.2) is 4.79 Å². The van der Waals surface area contributed by atoms with Crippen LogP contribution in [0.3, 0.4) is 0 Å². The fraction of sp³-hybridized carbons (Fsp3) is 0.833. The number of amides is 1. The third kappa shape index (κ3) is 3.34. The molecule has 4 rings (SSSR count). The van der Waals surface area contributed by atoms with Crippen LogP contribution in [0, 0.1) is 12.0 Å². The van der Waals surface area contributed by atoms with Gasteiger partial charge in [0.05, 0.1) is 23.9 Å². The molecule has 0 unspecified atom stereocenters. The Morgan fingerprint density at radius 1 is 1.46 bits per heavy atom. The van der Waals surface area contributed by atoms with Gasteiger partial charge in [0, 0.05) is 51.7 Å². The van der Waals surface area contributed by atoms with Gasteiger partial charge in [0.2, 0.25) is 0 Å². The first kappa shape index (κ1) is 18.8. The standard InChI is InChI=1S/C18H26NO4.Y/c1-3-4-6-15-17(2,23-15)14-11-13(7-8-18(14)12-21-18)22-16(20)19-9-5-10-19;/h4,13-15H,5-12H2,1-2H3;/q-1;/t13-,14-,15-,17+,18+;/m1./s1. The van der Waals surface area contributed by atoms with Crippen LogP contribution < -0.4 is 0 Å². The van der Waals surface area contributed by atoms with Crippen molar-refractivity contribution in [3.63, 3.8) is 0 Å². The van der Waals surface area contributed by atoms with E-state index in [9.17, 15) is 4.79 Å². The molecule has 3 saturated heterocycles. The molecule has 6 heteroatoms. The van der Waals surface area contributed by atoms with Crippen molar-refractivity contribution in [2.75, 3.05) is 19.7 Å². The molecule has 1 spiro atoms. The number of hydrogen-bond acceptors (Lipinski definition) is 4. The molecule has 4 fully saturated rings. The molecule has 5 nitrogen and oxygen atoms in total. The van der Waals surface area contributed by atoms with E-state index in [1.165, 1.54) is 0 Å². The smallest absolute Gasteiger partial charge is 0.410 e. The van der Waals surface area contributed by atoms with Crippen molar-refractivity contribution in [3.05, 3.63) is 12.2 Å². The Balaban J connectivity index is 0.00000169. The van der Waals surface area contributed by atoms with Crippen molar-refractivity contribution in [3.8, 4) is 0 Å². The van der Waals surface area contributed by atoms with E-state index in [-0.39, 0.29) is 62.2 Å². The number of hydrogen-bond donors (Lipinski definition) is 0. The molecule has 1 aliphatic carbocycles. The average molecular weight is 409 g/mol. The first-order valence-corrected chi connectivity index (χ1v) is 8.84. The van der Waals surface area contributed by atoms with Gasteiger partial charge in [-0.3, -0.25) is 6.08 Å². The minimum atomic E-state index is -0.147. The van der Waals surface area contributed by atoms with E-state index in [2.05, 4.69) is 13.0 Å². The second-order valence-electron chi connectivity index (χ2n) is 7.55. The zero-order chi connectivity index (χ0) is 16.1. The van der Waals surface area contributed by atoms with Crippen LogP contribution in [0.4, 0.5) is 4.79 Å². The number of ether oxygens (including phenoxy) is 3. The van der Waals surface area contributed by atoms with Crippen LogP contribution in [-0.2, 0) is 46.9 Å². The molecule has 4 aliphatic rings. The predicted molar refractivity (Wildman–Crippen MR) is 83.9 cm³/mol. The second kappa shape index (κ2) is 6.98. The van der Waals surface area contributed by atoms with E-state index < -0.39 is 0 Å². The molecule has 0 N–H and O–H groups in total. The van der Waals surface area contributed by atoms with Crippen LogP contribution in [0.25, 0.3) is 0 Å². The van der Waals surface area contributed by atoms with Crippen molar-refractivity contribution < 1.29 is 51.7 Å². The molecule has 0 aromatic heterocycles. The summed E-state index contributed by atoms with van der Waals surface area (Å²) in [6, 6.07) is 0. The molecule has 3 heterocycles. The first-order valence-electron chi connectivity index (χ1n) is 8.84. The van der Waals surface area contributed by atoms with E-state index >= 15 is 0 Å². The van der Waals surface area contributed by atoms with Gasteiger partial charge >= 0.3 is 6.09 Å². The van der Waals surface area contributed by atoms with Gasteiger partial charge in [-0.05, 0) is 39.0 Å². The molecule has 1 radical (unpaired) electrons. The molecule has 0 aromatic rings. The maximum absolute atomic E-state index is 12.1. The van der Waals surface area contributed by atoms with Gasteiger partial charge in [-0.2, -0.15) is 6.92 Å². The quantitative estimate of drug-likeness (QED) is 0.529. The van der Waals surface area contributed by atoms with E-state index in [1.807, 2.05) is 13.0 Å². The topological polar surface area (TPSA) is 54.6 Å².